The van der Waals surface area contributed by atoms with Gasteiger partial charge in [-0.3, -0.25) is 0 Å². The Morgan fingerprint density at radius 2 is 2.18 bits per heavy atom. The lowest BCUT2D eigenvalue weighted by Crippen LogP contribution is -2.06. The second-order valence-electron chi connectivity index (χ2n) is 3.99. The average Bonchev–Trinajstić information content (AvgIpc) is 2.72. The zero-order valence-corrected chi connectivity index (χ0v) is 10.0. The summed E-state index contributed by atoms with van der Waals surface area (Å²) in [6.07, 6.45) is 4.64. The van der Waals surface area contributed by atoms with Gasteiger partial charge in [0.25, 0.3) is 5.95 Å². The Balaban J connectivity index is 2.31. The minimum absolute atomic E-state index is 0.431. The molecule has 2 aromatic rings. The number of halogens is 1. The minimum Gasteiger partial charge on any atom is -0.216 e. The molecule has 0 fully saturated rings. The van der Waals surface area contributed by atoms with E-state index < -0.39 is 5.95 Å². The van der Waals surface area contributed by atoms with Crippen LogP contribution in [0.2, 0.25) is 0 Å². The topological polar surface area (TPSA) is 43.6 Å². The lowest BCUT2D eigenvalue weighted by molar-refractivity contribution is 0.561. The number of unbranched alkanes of at least 4 members (excludes halogenated alkanes) is 1. The van der Waals surface area contributed by atoms with Gasteiger partial charge in [0.1, 0.15) is 0 Å². The minimum atomic E-state index is -0.523. The summed E-state index contributed by atoms with van der Waals surface area (Å²) in [5, 5.41) is 3.67. The summed E-state index contributed by atoms with van der Waals surface area (Å²) in [5.74, 6) is -0.0924. The Kier molecular flexibility index (Phi) is 3.46. The second-order valence-corrected chi connectivity index (χ2v) is 3.99. The fourth-order valence-electron chi connectivity index (χ4n) is 1.62. The second kappa shape index (κ2) is 5.03. The van der Waals surface area contributed by atoms with E-state index in [2.05, 4.69) is 22.0 Å². The summed E-state index contributed by atoms with van der Waals surface area (Å²) < 4.78 is 14.2. The van der Waals surface area contributed by atoms with Crippen molar-refractivity contribution in [2.45, 2.75) is 33.1 Å². The molecule has 2 heterocycles. The molecule has 4 nitrogen and oxygen atoms in total. The molecule has 2 rings (SSSR count). The summed E-state index contributed by atoms with van der Waals surface area (Å²) >= 11 is 0. The van der Waals surface area contributed by atoms with E-state index in [1.165, 1.54) is 16.9 Å². The van der Waals surface area contributed by atoms with Gasteiger partial charge in [-0.25, -0.2) is 14.6 Å². The molecular formula is C12H15FN4. The molecule has 0 atom stereocenters. The summed E-state index contributed by atoms with van der Waals surface area (Å²) in [6.45, 7) is 4.04. The van der Waals surface area contributed by atoms with Crippen LogP contribution in [-0.2, 0) is 6.42 Å². The van der Waals surface area contributed by atoms with Gasteiger partial charge in [0.15, 0.2) is 0 Å². The number of aryl methyl sites for hydroxylation is 2. The molecule has 5 heteroatoms. The highest BCUT2D eigenvalue weighted by atomic mass is 19.1. The van der Waals surface area contributed by atoms with Crippen LogP contribution in [0.25, 0.3) is 5.95 Å². The third-order valence-electron chi connectivity index (χ3n) is 2.44. The maximum atomic E-state index is 12.8. The summed E-state index contributed by atoms with van der Waals surface area (Å²) in [6, 6.07) is 3.25. The molecule has 0 spiro atoms. The predicted octanol–water partition coefficient (Wildman–Crippen LogP) is 2.45. The number of aromatic nitrogens is 4. The van der Waals surface area contributed by atoms with E-state index in [9.17, 15) is 4.39 Å². The van der Waals surface area contributed by atoms with Crippen LogP contribution in [0, 0.1) is 12.9 Å². The standard InChI is InChI=1S/C12H15FN4/c1-3-4-5-10-8-9(2)14-12(15-10)17-7-6-11(13)16-17/h6-8H,3-5H2,1-2H3. The lowest BCUT2D eigenvalue weighted by Gasteiger charge is -2.05. The molecule has 0 N–H and O–H groups in total. The van der Waals surface area contributed by atoms with E-state index in [4.69, 9.17) is 0 Å². The average molecular weight is 234 g/mol. The fourth-order valence-corrected chi connectivity index (χ4v) is 1.62. The van der Waals surface area contributed by atoms with Crippen molar-refractivity contribution in [3.05, 3.63) is 35.7 Å². The van der Waals surface area contributed by atoms with Gasteiger partial charge in [-0.15, -0.1) is 5.10 Å². The van der Waals surface area contributed by atoms with Crippen molar-refractivity contribution in [1.82, 2.24) is 19.7 Å². The Labute approximate surface area is 99.5 Å². The van der Waals surface area contributed by atoms with E-state index in [0.29, 0.717) is 5.95 Å². The van der Waals surface area contributed by atoms with Crippen molar-refractivity contribution in [3.8, 4) is 5.95 Å². The van der Waals surface area contributed by atoms with Gasteiger partial charge >= 0.3 is 0 Å². The first-order chi connectivity index (χ1) is 8.19. The van der Waals surface area contributed by atoms with Crippen LogP contribution in [0.1, 0.15) is 31.2 Å². The monoisotopic (exact) mass is 234 g/mol. The van der Waals surface area contributed by atoms with Crippen LogP contribution < -0.4 is 0 Å². The maximum Gasteiger partial charge on any atom is 0.251 e. The van der Waals surface area contributed by atoms with Gasteiger partial charge in [0.2, 0.25) is 5.95 Å². The quantitative estimate of drug-likeness (QED) is 0.816. The van der Waals surface area contributed by atoms with E-state index in [1.807, 2.05) is 13.0 Å². The van der Waals surface area contributed by atoms with Gasteiger partial charge in [-0.05, 0) is 25.8 Å². The van der Waals surface area contributed by atoms with Crippen LogP contribution in [0.3, 0.4) is 0 Å². The molecule has 17 heavy (non-hydrogen) atoms. The molecule has 90 valence electrons. The van der Waals surface area contributed by atoms with Crippen LogP contribution >= 0.6 is 0 Å². The highest BCUT2D eigenvalue weighted by Crippen LogP contribution is 2.08. The molecule has 0 bridgehead atoms. The molecule has 0 aliphatic carbocycles. The normalized spacial score (nSPS) is 10.8. The van der Waals surface area contributed by atoms with Crippen LogP contribution in [0.5, 0.6) is 0 Å². The van der Waals surface area contributed by atoms with Gasteiger partial charge in [0.05, 0.1) is 0 Å². The van der Waals surface area contributed by atoms with E-state index >= 15 is 0 Å². The van der Waals surface area contributed by atoms with Gasteiger partial charge in [0, 0.05) is 23.7 Å². The third-order valence-corrected chi connectivity index (χ3v) is 2.44. The fraction of sp³-hybridized carbons (Fsp3) is 0.417. The molecule has 0 aromatic carbocycles. The van der Waals surface area contributed by atoms with Crippen LogP contribution in [0.4, 0.5) is 4.39 Å². The summed E-state index contributed by atoms with van der Waals surface area (Å²) in [5.41, 5.74) is 1.85. The Hall–Kier alpha value is -1.78. The predicted molar refractivity (Wildman–Crippen MR) is 62.5 cm³/mol. The van der Waals surface area contributed by atoms with Crippen molar-refractivity contribution in [2.24, 2.45) is 0 Å². The van der Waals surface area contributed by atoms with E-state index in [0.717, 1.165) is 30.7 Å². The molecule has 0 amide bonds. The van der Waals surface area contributed by atoms with E-state index in [-0.39, 0.29) is 0 Å². The van der Waals surface area contributed by atoms with Crippen molar-refractivity contribution >= 4 is 0 Å². The molecule has 0 aliphatic rings. The zero-order chi connectivity index (χ0) is 12.3. The first-order valence-electron chi connectivity index (χ1n) is 5.75. The highest BCUT2D eigenvalue weighted by molar-refractivity contribution is 5.18. The number of hydrogen-bond acceptors (Lipinski definition) is 3. The lowest BCUT2D eigenvalue weighted by atomic mass is 10.2. The first-order valence-corrected chi connectivity index (χ1v) is 5.75. The number of rotatable bonds is 4. The smallest absolute Gasteiger partial charge is 0.216 e. The van der Waals surface area contributed by atoms with Crippen LogP contribution in [-0.4, -0.2) is 19.7 Å². The molecule has 0 saturated carbocycles. The van der Waals surface area contributed by atoms with Gasteiger partial charge < -0.3 is 0 Å². The molecule has 0 saturated heterocycles. The third kappa shape index (κ3) is 2.87. The highest BCUT2D eigenvalue weighted by Gasteiger charge is 2.06. The number of nitrogens with zero attached hydrogens (tertiary/aromatic N) is 4. The Morgan fingerprint density at radius 1 is 1.35 bits per heavy atom. The van der Waals surface area contributed by atoms with E-state index in [1.54, 1.807) is 0 Å². The Morgan fingerprint density at radius 3 is 2.82 bits per heavy atom. The molecule has 2 aromatic heterocycles. The Bertz CT molecular complexity index is 507. The zero-order valence-electron chi connectivity index (χ0n) is 10.0. The molecule has 0 unspecified atom stereocenters. The summed E-state index contributed by atoms with van der Waals surface area (Å²) in [4.78, 5) is 8.63. The SMILES string of the molecule is CCCCc1cc(C)nc(-n2ccc(F)n2)n1. The van der Waals surface area contributed by atoms with Crippen molar-refractivity contribution in [2.75, 3.05) is 0 Å². The molecule has 0 radical (unpaired) electrons. The van der Waals surface area contributed by atoms with Gasteiger partial charge in [-0.1, -0.05) is 13.3 Å². The molecular weight excluding hydrogens is 219 g/mol. The van der Waals surface area contributed by atoms with Crippen molar-refractivity contribution in [3.63, 3.8) is 0 Å². The number of hydrogen-bond donors (Lipinski definition) is 0. The maximum absolute atomic E-state index is 12.8. The van der Waals surface area contributed by atoms with Gasteiger partial charge in [-0.2, -0.15) is 4.39 Å². The largest absolute Gasteiger partial charge is 0.251 e. The molecule has 0 aliphatic heterocycles. The summed E-state index contributed by atoms with van der Waals surface area (Å²) in [7, 11) is 0. The van der Waals surface area contributed by atoms with Crippen molar-refractivity contribution < 1.29 is 4.39 Å². The van der Waals surface area contributed by atoms with Crippen molar-refractivity contribution in [1.29, 1.82) is 0 Å². The first kappa shape index (κ1) is 11.7. The van der Waals surface area contributed by atoms with Crippen LogP contribution in [0.15, 0.2) is 18.3 Å².